The standard InChI is InChI=1S/C21H16N4O/c1-2-5-16-12-17(8-7-15(16)4-1)19-14-24-25-20(9-10-22-21(19)25)23-13-18-6-3-11-26-18/h1-12,14,23H,13H2. The van der Waals surface area contributed by atoms with Crippen molar-refractivity contribution < 1.29 is 4.42 Å². The molecule has 0 aliphatic carbocycles. The van der Waals surface area contributed by atoms with Crippen LogP contribution in [-0.2, 0) is 6.54 Å². The molecule has 26 heavy (non-hydrogen) atoms. The van der Waals surface area contributed by atoms with Crippen LogP contribution in [0.25, 0.3) is 27.5 Å². The average Bonchev–Trinajstić information content (AvgIpc) is 3.36. The monoisotopic (exact) mass is 340 g/mol. The lowest BCUT2D eigenvalue weighted by Crippen LogP contribution is -2.05. The molecule has 0 spiro atoms. The molecule has 3 aromatic heterocycles. The number of hydrogen-bond acceptors (Lipinski definition) is 4. The Labute approximate surface area is 149 Å². The van der Waals surface area contributed by atoms with E-state index in [9.17, 15) is 0 Å². The molecule has 0 unspecified atom stereocenters. The molecule has 126 valence electrons. The van der Waals surface area contributed by atoms with E-state index in [4.69, 9.17) is 4.42 Å². The Hall–Kier alpha value is -3.60. The minimum absolute atomic E-state index is 0.595. The Morgan fingerprint density at radius 1 is 0.962 bits per heavy atom. The van der Waals surface area contributed by atoms with Crippen molar-refractivity contribution in [3.63, 3.8) is 0 Å². The molecule has 0 aliphatic rings. The molecule has 3 heterocycles. The zero-order valence-electron chi connectivity index (χ0n) is 14.0. The molecule has 0 aliphatic heterocycles. The van der Waals surface area contributed by atoms with Crippen LogP contribution in [0.1, 0.15) is 5.76 Å². The molecular weight excluding hydrogens is 324 g/mol. The van der Waals surface area contributed by atoms with Crippen molar-refractivity contribution in [1.29, 1.82) is 0 Å². The fourth-order valence-electron chi connectivity index (χ4n) is 3.18. The first-order valence-electron chi connectivity index (χ1n) is 8.47. The van der Waals surface area contributed by atoms with Crippen molar-refractivity contribution >= 4 is 22.2 Å². The maximum Gasteiger partial charge on any atom is 0.165 e. The molecule has 0 saturated carbocycles. The van der Waals surface area contributed by atoms with Crippen molar-refractivity contribution in [2.24, 2.45) is 0 Å². The lowest BCUT2D eigenvalue weighted by molar-refractivity contribution is 0.517. The Morgan fingerprint density at radius 2 is 1.88 bits per heavy atom. The SMILES string of the molecule is c1coc(CNc2ccnc3c(-c4ccc5ccccc5c4)cnn23)c1. The minimum atomic E-state index is 0.595. The molecule has 0 bridgehead atoms. The first-order valence-corrected chi connectivity index (χ1v) is 8.47. The molecule has 0 fully saturated rings. The van der Waals surface area contributed by atoms with Gasteiger partial charge in [0, 0.05) is 11.8 Å². The average molecular weight is 340 g/mol. The highest BCUT2D eigenvalue weighted by atomic mass is 16.3. The summed E-state index contributed by atoms with van der Waals surface area (Å²) < 4.78 is 7.20. The van der Waals surface area contributed by atoms with Crippen LogP contribution < -0.4 is 5.32 Å². The van der Waals surface area contributed by atoms with E-state index in [1.165, 1.54) is 10.8 Å². The van der Waals surface area contributed by atoms with Gasteiger partial charge in [0.15, 0.2) is 5.65 Å². The summed E-state index contributed by atoms with van der Waals surface area (Å²) in [7, 11) is 0. The van der Waals surface area contributed by atoms with Gasteiger partial charge in [-0.3, -0.25) is 0 Å². The van der Waals surface area contributed by atoms with Crippen molar-refractivity contribution in [3.05, 3.63) is 85.1 Å². The molecule has 1 N–H and O–H groups in total. The largest absolute Gasteiger partial charge is 0.467 e. The summed E-state index contributed by atoms with van der Waals surface area (Å²) in [6.07, 6.45) is 5.33. The second-order valence-corrected chi connectivity index (χ2v) is 6.12. The van der Waals surface area contributed by atoms with Crippen LogP contribution in [-0.4, -0.2) is 14.6 Å². The van der Waals surface area contributed by atoms with Crippen molar-refractivity contribution in [1.82, 2.24) is 14.6 Å². The van der Waals surface area contributed by atoms with Gasteiger partial charge in [0.2, 0.25) is 0 Å². The second-order valence-electron chi connectivity index (χ2n) is 6.12. The van der Waals surface area contributed by atoms with Gasteiger partial charge in [-0.05, 0) is 40.6 Å². The van der Waals surface area contributed by atoms with Gasteiger partial charge in [-0.15, -0.1) is 0 Å². The van der Waals surface area contributed by atoms with E-state index in [1.54, 1.807) is 12.5 Å². The lowest BCUT2D eigenvalue weighted by atomic mass is 10.0. The quantitative estimate of drug-likeness (QED) is 0.513. The van der Waals surface area contributed by atoms with E-state index >= 15 is 0 Å². The number of furan rings is 1. The minimum Gasteiger partial charge on any atom is -0.467 e. The highest BCUT2D eigenvalue weighted by Crippen LogP contribution is 2.28. The number of rotatable bonds is 4. The van der Waals surface area contributed by atoms with Gasteiger partial charge >= 0.3 is 0 Å². The van der Waals surface area contributed by atoms with Gasteiger partial charge in [-0.2, -0.15) is 9.61 Å². The van der Waals surface area contributed by atoms with Crippen LogP contribution in [0.5, 0.6) is 0 Å². The zero-order valence-corrected chi connectivity index (χ0v) is 14.0. The fraction of sp³-hybridized carbons (Fsp3) is 0.0476. The highest BCUT2D eigenvalue weighted by Gasteiger charge is 2.11. The Bertz CT molecular complexity index is 1190. The smallest absolute Gasteiger partial charge is 0.165 e. The first kappa shape index (κ1) is 14.7. The topological polar surface area (TPSA) is 55.4 Å². The number of benzene rings is 2. The normalized spacial score (nSPS) is 11.2. The van der Waals surface area contributed by atoms with Crippen molar-refractivity contribution in [3.8, 4) is 11.1 Å². The third kappa shape index (κ3) is 2.50. The summed E-state index contributed by atoms with van der Waals surface area (Å²) in [5.74, 6) is 1.75. The van der Waals surface area contributed by atoms with E-state index < -0.39 is 0 Å². The molecular formula is C21H16N4O. The van der Waals surface area contributed by atoms with Crippen LogP contribution in [0.4, 0.5) is 5.82 Å². The van der Waals surface area contributed by atoms with Gasteiger partial charge in [-0.1, -0.05) is 36.4 Å². The number of aromatic nitrogens is 3. The Balaban J connectivity index is 1.55. The second kappa shape index (κ2) is 6.04. The van der Waals surface area contributed by atoms with E-state index in [2.05, 4.69) is 57.9 Å². The summed E-state index contributed by atoms with van der Waals surface area (Å²) >= 11 is 0. The molecule has 0 atom stereocenters. The van der Waals surface area contributed by atoms with Gasteiger partial charge in [0.1, 0.15) is 11.6 Å². The maximum absolute atomic E-state index is 5.37. The third-order valence-electron chi connectivity index (χ3n) is 4.49. The lowest BCUT2D eigenvalue weighted by Gasteiger charge is -2.07. The van der Waals surface area contributed by atoms with Gasteiger partial charge in [-0.25, -0.2) is 4.98 Å². The van der Waals surface area contributed by atoms with Gasteiger partial charge in [0.25, 0.3) is 0 Å². The third-order valence-corrected chi connectivity index (χ3v) is 4.49. The van der Waals surface area contributed by atoms with E-state index in [0.29, 0.717) is 6.54 Å². The van der Waals surface area contributed by atoms with E-state index in [-0.39, 0.29) is 0 Å². The number of nitrogens with one attached hydrogen (secondary N) is 1. The number of nitrogens with zero attached hydrogens (tertiary/aromatic N) is 3. The van der Waals surface area contributed by atoms with Crippen LogP contribution in [0.3, 0.4) is 0 Å². The van der Waals surface area contributed by atoms with Crippen molar-refractivity contribution in [2.45, 2.75) is 6.54 Å². The fourth-order valence-corrected chi connectivity index (χ4v) is 3.18. The van der Waals surface area contributed by atoms with Crippen LogP contribution in [0.2, 0.25) is 0 Å². The number of anilines is 1. The predicted octanol–water partition coefficient (Wildman–Crippen LogP) is 4.75. The molecule has 5 rings (SSSR count). The molecule has 0 radical (unpaired) electrons. The zero-order chi connectivity index (χ0) is 17.3. The summed E-state index contributed by atoms with van der Waals surface area (Å²) in [6.45, 7) is 0.595. The number of hydrogen-bond donors (Lipinski definition) is 1. The molecule has 0 saturated heterocycles. The van der Waals surface area contributed by atoms with E-state index in [1.807, 2.05) is 28.9 Å². The Kier molecular flexibility index (Phi) is 3.42. The summed E-state index contributed by atoms with van der Waals surface area (Å²) in [6, 6.07) is 20.5. The number of fused-ring (bicyclic) bond motifs is 2. The van der Waals surface area contributed by atoms with E-state index in [0.717, 1.165) is 28.4 Å². The van der Waals surface area contributed by atoms with Crippen LogP contribution in [0.15, 0.2) is 83.7 Å². The predicted molar refractivity (Wildman–Crippen MR) is 102 cm³/mol. The highest BCUT2D eigenvalue weighted by molar-refractivity contribution is 5.89. The molecule has 5 nitrogen and oxygen atoms in total. The Morgan fingerprint density at radius 3 is 2.77 bits per heavy atom. The maximum atomic E-state index is 5.37. The molecule has 2 aromatic carbocycles. The summed E-state index contributed by atoms with van der Waals surface area (Å²) in [4.78, 5) is 4.54. The van der Waals surface area contributed by atoms with Crippen molar-refractivity contribution in [2.75, 3.05) is 5.32 Å². The van der Waals surface area contributed by atoms with Crippen LogP contribution >= 0.6 is 0 Å². The molecule has 5 aromatic rings. The molecule has 0 amide bonds. The summed E-state index contributed by atoms with van der Waals surface area (Å²) in [5, 5.41) is 10.3. The van der Waals surface area contributed by atoms with Gasteiger partial charge in [0.05, 0.1) is 19.0 Å². The molecule has 5 heteroatoms. The van der Waals surface area contributed by atoms with Crippen LogP contribution in [0, 0.1) is 0 Å². The first-order chi connectivity index (χ1) is 12.9. The van der Waals surface area contributed by atoms with Gasteiger partial charge < -0.3 is 9.73 Å². The summed E-state index contributed by atoms with van der Waals surface area (Å²) in [5.41, 5.74) is 2.94.